The summed E-state index contributed by atoms with van der Waals surface area (Å²) < 4.78 is 8.39. The van der Waals surface area contributed by atoms with Gasteiger partial charge in [-0.3, -0.25) is 0 Å². The Labute approximate surface area is 56.2 Å². The second kappa shape index (κ2) is 2.79. The fourth-order valence-electron chi connectivity index (χ4n) is 0.555. The highest BCUT2D eigenvalue weighted by molar-refractivity contribution is 4.58. The van der Waals surface area contributed by atoms with Crippen LogP contribution in [0.3, 0.4) is 0 Å². The maximum absolute atomic E-state index is 8.60. The minimum Gasteiger partial charge on any atom is -0.364 e. The van der Waals surface area contributed by atoms with E-state index in [1.54, 1.807) is 0 Å². The highest BCUT2D eigenvalue weighted by Gasteiger charge is 2.34. The molecule has 60 valence electrons. The van der Waals surface area contributed by atoms with Crippen LogP contribution in [0.25, 0.3) is 0 Å². The Hall–Kier alpha value is -0.240. The Balaban J connectivity index is 2.46. The molecule has 0 aromatic rings. The SMILES string of the molecule is OC1OC(O)C(O)OC1O. The molecule has 0 aromatic heterocycles. The molecule has 0 saturated carbocycles. The van der Waals surface area contributed by atoms with E-state index in [4.69, 9.17) is 20.4 Å². The van der Waals surface area contributed by atoms with E-state index in [2.05, 4.69) is 9.47 Å². The molecule has 0 aliphatic carbocycles. The van der Waals surface area contributed by atoms with Crippen LogP contribution in [0.2, 0.25) is 0 Å². The lowest BCUT2D eigenvalue weighted by atomic mass is 10.5. The lowest BCUT2D eigenvalue weighted by Crippen LogP contribution is -2.49. The monoisotopic (exact) mass is 152 g/mol. The molecule has 1 heterocycles. The summed E-state index contributed by atoms with van der Waals surface area (Å²) in [6.07, 6.45) is -6.45. The van der Waals surface area contributed by atoms with E-state index in [1.165, 1.54) is 0 Å². The van der Waals surface area contributed by atoms with E-state index >= 15 is 0 Å². The number of aliphatic hydroxyl groups is 4. The first-order valence-corrected chi connectivity index (χ1v) is 2.64. The molecule has 1 rings (SSSR count). The smallest absolute Gasteiger partial charge is 0.209 e. The van der Waals surface area contributed by atoms with Crippen LogP contribution >= 0.6 is 0 Å². The van der Waals surface area contributed by atoms with Crippen LogP contribution in [0.15, 0.2) is 0 Å². The number of ether oxygens (including phenoxy) is 2. The van der Waals surface area contributed by atoms with Crippen LogP contribution in [-0.4, -0.2) is 45.6 Å². The molecule has 4 N–H and O–H groups in total. The largest absolute Gasteiger partial charge is 0.364 e. The first kappa shape index (κ1) is 7.86. The third-order valence-corrected chi connectivity index (χ3v) is 1.05. The normalized spacial score (nSPS) is 49.2. The van der Waals surface area contributed by atoms with Crippen molar-refractivity contribution in [3.8, 4) is 0 Å². The van der Waals surface area contributed by atoms with Gasteiger partial charge in [-0.25, -0.2) is 0 Å². The maximum atomic E-state index is 8.60. The standard InChI is InChI=1S/C4H8O6/c5-1-2(6)10-4(8)3(7)9-1/h1-8H. The average molecular weight is 152 g/mol. The van der Waals surface area contributed by atoms with Crippen molar-refractivity contribution in [3.05, 3.63) is 0 Å². The zero-order valence-corrected chi connectivity index (χ0v) is 4.91. The van der Waals surface area contributed by atoms with Gasteiger partial charge in [0.15, 0.2) is 0 Å². The van der Waals surface area contributed by atoms with Crippen molar-refractivity contribution in [2.45, 2.75) is 25.2 Å². The zero-order chi connectivity index (χ0) is 7.72. The highest BCUT2D eigenvalue weighted by atomic mass is 16.8. The van der Waals surface area contributed by atoms with Gasteiger partial charge in [-0.15, -0.1) is 0 Å². The van der Waals surface area contributed by atoms with Crippen molar-refractivity contribution < 1.29 is 29.9 Å². The predicted molar refractivity (Wildman–Crippen MR) is 26.2 cm³/mol. The molecule has 10 heavy (non-hydrogen) atoms. The molecule has 0 bridgehead atoms. The summed E-state index contributed by atoms with van der Waals surface area (Å²) in [6, 6.07) is 0. The summed E-state index contributed by atoms with van der Waals surface area (Å²) in [6.45, 7) is 0. The van der Waals surface area contributed by atoms with E-state index in [0.717, 1.165) is 0 Å². The Morgan fingerprint density at radius 2 is 0.800 bits per heavy atom. The quantitative estimate of drug-likeness (QED) is 0.301. The minimum atomic E-state index is -1.61. The summed E-state index contributed by atoms with van der Waals surface area (Å²) in [5.74, 6) is 0. The van der Waals surface area contributed by atoms with Crippen LogP contribution in [0, 0.1) is 0 Å². The third kappa shape index (κ3) is 1.43. The third-order valence-electron chi connectivity index (χ3n) is 1.05. The van der Waals surface area contributed by atoms with Crippen LogP contribution in [0.4, 0.5) is 0 Å². The minimum absolute atomic E-state index is 1.61. The van der Waals surface area contributed by atoms with Gasteiger partial charge >= 0.3 is 0 Å². The highest BCUT2D eigenvalue weighted by Crippen LogP contribution is 2.13. The summed E-state index contributed by atoms with van der Waals surface area (Å²) in [5.41, 5.74) is 0. The zero-order valence-electron chi connectivity index (χ0n) is 4.91. The lowest BCUT2D eigenvalue weighted by Gasteiger charge is -2.31. The Morgan fingerprint density at radius 3 is 1.00 bits per heavy atom. The average Bonchev–Trinajstić information content (AvgIpc) is 1.84. The van der Waals surface area contributed by atoms with Gasteiger partial charge in [0.25, 0.3) is 0 Å². The molecule has 6 nitrogen and oxygen atoms in total. The van der Waals surface area contributed by atoms with E-state index in [-0.39, 0.29) is 0 Å². The van der Waals surface area contributed by atoms with Crippen LogP contribution < -0.4 is 0 Å². The van der Waals surface area contributed by atoms with Crippen molar-refractivity contribution in [1.82, 2.24) is 0 Å². The lowest BCUT2D eigenvalue weighted by molar-refractivity contribution is -0.412. The molecular formula is C4H8O6. The Morgan fingerprint density at radius 1 is 0.600 bits per heavy atom. The molecule has 0 amide bonds. The maximum Gasteiger partial charge on any atom is 0.209 e. The van der Waals surface area contributed by atoms with E-state index in [9.17, 15) is 0 Å². The van der Waals surface area contributed by atoms with Gasteiger partial charge in [0.2, 0.25) is 25.2 Å². The molecular weight excluding hydrogens is 144 g/mol. The number of hydrogen-bond acceptors (Lipinski definition) is 6. The number of hydrogen-bond donors (Lipinski definition) is 4. The van der Waals surface area contributed by atoms with Crippen molar-refractivity contribution in [2.75, 3.05) is 0 Å². The molecule has 1 fully saturated rings. The van der Waals surface area contributed by atoms with Gasteiger partial charge in [0.1, 0.15) is 0 Å². The van der Waals surface area contributed by atoms with Crippen LogP contribution in [-0.2, 0) is 9.47 Å². The summed E-state index contributed by atoms with van der Waals surface area (Å²) in [5, 5.41) is 34.4. The van der Waals surface area contributed by atoms with Gasteiger partial charge in [0.05, 0.1) is 0 Å². The first-order chi connectivity index (χ1) is 4.61. The predicted octanol–water partition coefficient (Wildman–Crippen LogP) is -2.69. The first-order valence-electron chi connectivity index (χ1n) is 2.64. The fourth-order valence-corrected chi connectivity index (χ4v) is 0.555. The van der Waals surface area contributed by atoms with Crippen molar-refractivity contribution in [2.24, 2.45) is 0 Å². The molecule has 1 aliphatic rings. The van der Waals surface area contributed by atoms with Crippen molar-refractivity contribution in [3.63, 3.8) is 0 Å². The van der Waals surface area contributed by atoms with Crippen molar-refractivity contribution in [1.29, 1.82) is 0 Å². The number of aliphatic hydroxyl groups excluding tert-OH is 4. The van der Waals surface area contributed by atoms with Gasteiger partial charge in [-0.1, -0.05) is 0 Å². The van der Waals surface area contributed by atoms with Crippen LogP contribution in [0.5, 0.6) is 0 Å². The second-order valence-electron chi connectivity index (χ2n) is 1.83. The molecule has 0 radical (unpaired) electrons. The molecule has 1 aliphatic heterocycles. The fraction of sp³-hybridized carbons (Fsp3) is 1.00. The molecule has 1 saturated heterocycles. The van der Waals surface area contributed by atoms with E-state index in [1.807, 2.05) is 0 Å². The molecule has 0 spiro atoms. The molecule has 0 aromatic carbocycles. The molecule has 4 unspecified atom stereocenters. The second-order valence-corrected chi connectivity index (χ2v) is 1.83. The molecule has 6 heteroatoms. The Bertz CT molecular complexity index is 90.3. The van der Waals surface area contributed by atoms with Crippen molar-refractivity contribution >= 4 is 0 Å². The van der Waals surface area contributed by atoms with Gasteiger partial charge in [0, 0.05) is 0 Å². The molecule has 4 atom stereocenters. The van der Waals surface area contributed by atoms with Gasteiger partial charge in [-0.05, 0) is 0 Å². The Kier molecular flexibility index (Phi) is 2.19. The van der Waals surface area contributed by atoms with E-state index < -0.39 is 25.2 Å². The van der Waals surface area contributed by atoms with Gasteiger partial charge < -0.3 is 29.9 Å². The topological polar surface area (TPSA) is 99.4 Å². The van der Waals surface area contributed by atoms with Gasteiger partial charge in [-0.2, -0.15) is 0 Å². The summed E-state index contributed by atoms with van der Waals surface area (Å²) >= 11 is 0. The number of rotatable bonds is 0. The summed E-state index contributed by atoms with van der Waals surface area (Å²) in [4.78, 5) is 0. The van der Waals surface area contributed by atoms with E-state index in [0.29, 0.717) is 0 Å². The van der Waals surface area contributed by atoms with Crippen LogP contribution in [0.1, 0.15) is 0 Å². The summed E-state index contributed by atoms with van der Waals surface area (Å²) in [7, 11) is 0.